The van der Waals surface area contributed by atoms with E-state index in [0.29, 0.717) is 6.04 Å². The third-order valence-electron chi connectivity index (χ3n) is 3.70. The van der Waals surface area contributed by atoms with Crippen LogP contribution in [-0.2, 0) is 0 Å². The summed E-state index contributed by atoms with van der Waals surface area (Å²) in [4.78, 5) is 0. The van der Waals surface area contributed by atoms with Crippen LogP contribution in [0.3, 0.4) is 0 Å². The third-order valence-corrected chi connectivity index (χ3v) is 3.70. The van der Waals surface area contributed by atoms with Gasteiger partial charge in [-0.1, -0.05) is 36.6 Å². The highest BCUT2D eigenvalue weighted by Crippen LogP contribution is 2.24. The Morgan fingerprint density at radius 1 is 1.41 bits per heavy atom. The molecule has 2 unspecified atom stereocenters. The Balaban J connectivity index is 2.28. The minimum Gasteiger partial charge on any atom is -0.324 e. The van der Waals surface area contributed by atoms with Crippen molar-refractivity contribution in [2.24, 2.45) is 11.7 Å². The minimum atomic E-state index is 0.355. The van der Waals surface area contributed by atoms with E-state index in [9.17, 15) is 0 Å². The van der Waals surface area contributed by atoms with Gasteiger partial charge in [-0.25, -0.2) is 0 Å². The van der Waals surface area contributed by atoms with Crippen LogP contribution >= 0.6 is 0 Å². The summed E-state index contributed by atoms with van der Waals surface area (Å²) < 4.78 is 0. The number of allylic oxidation sites excluding steroid dienone is 3. The van der Waals surface area contributed by atoms with Crippen molar-refractivity contribution in [3.8, 4) is 0 Å². The van der Waals surface area contributed by atoms with Gasteiger partial charge in [0.25, 0.3) is 0 Å². The maximum Gasteiger partial charge on any atom is 0.0253 e. The van der Waals surface area contributed by atoms with E-state index in [0.717, 1.165) is 5.92 Å². The van der Waals surface area contributed by atoms with Crippen molar-refractivity contribution in [1.82, 2.24) is 0 Å². The zero-order chi connectivity index (χ0) is 12.7. The van der Waals surface area contributed by atoms with E-state index in [4.69, 9.17) is 5.73 Å². The minimum absolute atomic E-state index is 0.355. The second kappa shape index (κ2) is 7.71. The highest BCUT2D eigenvalue weighted by atomic mass is 14.6. The predicted octanol–water partition coefficient (Wildman–Crippen LogP) is 4.59. The van der Waals surface area contributed by atoms with Crippen LogP contribution in [0.15, 0.2) is 23.3 Å². The van der Waals surface area contributed by atoms with E-state index < -0.39 is 0 Å². The van der Waals surface area contributed by atoms with Gasteiger partial charge < -0.3 is 5.73 Å². The summed E-state index contributed by atoms with van der Waals surface area (Å²) in [5, 5.41) is 0. The Hall–Kier alpha value is -0.560. The third kappa shape index (κ3) is 6.07. The first-order valence-corrected chi connectivity index (χ1v) is 7.17. The summed E-state index contributed by atoms with van der Waals surface area (Å²) in [7, 11) is 0. The van der Waals surface area contributed by atoms with Crippen LogP contribution in [0.1, 0.15) is 65.7 Å². The molecule has 0 amide bonds. The predicted molar refractivity (Wildman–Crippen MR) is 77.0 cm³/mol. The molecule has 1 nitrogen and oxygen atoms in total. The lowest BCUT2D eigenvalue weighted by Gasteiger charge is -2.22. The van der Waals surface area contributed by atoms with Crippen molar-refractivity contribution >= 4 is 0 Å². The Labute approximate surface area is 107 Å². The van der Waals surface area contributed by atoms with Crippen molar-refractivity contribution in [2.45, 2.75) is 71.8 Å². The number of rotatable bonds is 5. The number of nitrogens with two attached hydrogens (primary N) is 1. The van der Waals surface area contributed by atoms with Crippen LogP contribution in [0, 0.1) is 5.92 Å². The molecule has 0 aromatic heterocycles. The maximum atomic E-state index is 6.13. The monoisotopic (exact) mass is 235 g/mol. The molecule has 1 rings (SSSR count). The summed E-state index contributed by atoms with van der Waals surface area (Å²) in [5.74, 6) is 0.784. The molecule has 17 heavy (non-hydrogen) atoms. The van der Waals surface area contributed by atoms with E-state index in [2.05, 4.69) is 32.9 Å². The number of hydrogen-bond acceptors (Lipinski definition) is 1. The van der Waals surface area contributed by atoms with Crippen LogP contribution in [-0.4, -0.2) is 6.04 Å². The second-order valence-corrected chi connectivity index (χ2v) is 5.83. The van der Waals surface area contributed by atoms with Gasteiger partial charge in [-0.2, -0.15) is 0 Å². The molecule has 1 saturated carbocycles. The first-order chi connectivity index (χ1) is 8.09. The molecule has 1 aliphatic carbocycles. The summed E-state index contributed by atoms with van der Waals surface area (Å²) >= 11 is 0. The summed E-state index contributed by atoms with van der Waals surface area (Å²) in [6, 6.07) is 0.355. The van der Waals surface area contributed by atoms with Crippen molar-refractivity contribution < 1.29 is 0 Å². The quantitative estimate of drug-likeness (QED) is 0.693. The average molecular weight is 235 g/mol. The molecular formula is C16H29N. The summed E-state index contributed by atoms with van der Waals surface area (Å²) in [5.41, 5.74) is 9.08. The largest absolute Gasteiger partial charge is 0.324 e. The molecule has 1 heteroatoms. The van der Waals surface area contributed by atoms with E-state index in [1.54, 1.807) is 0 Å². The van der Waals surface area contributed by atoms with Crippen molar-refractivity contribution in [3.63, 3.8) is 0 Å². The molecule has 0 aromatic rings. The van der Waals surface area contributed by atoms with Gasteiger partial charge >= 0.3 is 0 Å². The SMILES string of the molecule is CC(C)=CCCC(C)C/C=C1\CCCCC1N. The molecule has 0 spiro atoms. The zero-order valence-corrected chi connectivity index (χ0v) is 11.8. The fourth-order valence-corrected chi connectivity index (χ4v) is 2.44. The van der Waals surface area contributed by atoms with Gasteiger partial charge in [-0.3, -0.25) is 0 Å². The topological polar surface area (TPSA) is 26.0 Å². The van der Waals surface area contributed by atoms with Crippen LogP contribution in [0.5, 0.6) is 0 Å². The van der Waals surface area contributed by atoms with Crippen LogP contribution in [0.4, 0.5) is 0 Å². The molecule has 1 aliphatic rings. The summed E-state index contributed by atoms with van der Waals surface area (Å²) in [6.45, 7) is 6.70. The van der Waals surface area contributed by atoms with E-state index in [1.165, 1.54) is 56.1 Å². The van der Waals surface area contributed by atoms with Crippen molar-refractivity contribution in [3.05, 3.63) is 23.3 Å². The molecule has 0 radical (unpaired) electrons. The molecular weight excluding hydrogens is 206 g/mol. The molecule has 0 heterocycles. The Morgan fingerprint density at radius 3 is 2.82 bits per heavy atom. The van der Waals surface area contributed by atoms with Crippen LogP contribution in [0.25, 0.3) is 0 Å². The highest BCUT2D eigenvalue weighted by molar-refractivity contribution is 5.12. The molecule has 2 N–H and O–H groups in total. The first-order valence-electron chi connectivity index (χ1n) is 7.17. The fourth-order valence-electron chi connectivity index (χ4n) is 2.44. The molecule has 0 bridgehead atoms. The molecule has 1 fully saturated rings. The average Bonchev–Trinajstić information content (AvgIpc) is 2.27. The van der Waals surface area contributed by atoms with Gasteiger partial charge in [0.1, 0.15) is 0 Å². The molecule has 0 saturated heterocycles. The second-order valence-electron chi connectivity index (χ2n) is 5.83. The van der Waals surface area contributed by atoms with Gasteiger partial charge in [-0.05, 0) is 58.3 Å². The van der Waals surface area contributed by atoms with Crippen LogP contribution < -0.4 is 5.73 Å². The summed E-state index contributed by atoms with van der Waals surface area (Å²) in [6.07, 6.45) is 13.6. The molecule has 2 atom stereocenters. The Bertz CT molecular complexity index is 271. The lowest BCUT2D eigenvalue weighted by atomic mass is 9.88. The smallest absolute Gasteiger partial charge is 0.0253 e. The molecule has 0 aliphatic heterocycles. The lowest BCUT2D eigenvalue weighted by Crippen LogP contribution is -2.25. The van der Waals surface area contributed by atoms with Gasteiger partial charge in [0.05, 0.1) is 0 Å². The zero-order valence-electron chi connectivity index (χ0n) is 11.8. The maximum absolute atomic E-state index is 6.13. The first kappa shape index (κ1) is 14.5. The number of hydrogen-bond donors (Lipinski definition) is 1. The van der Waals surface area contributed by atoms with Crippen molar-refractivity contribution in [2.75, 3.05) is 0 Å². The lowest BCUT2D eigenvalue weighted by molar-refractivity contribution is 0.514. The molecule has 0 aromatic carbocycles. The van der Waals surface area contributed by atoms with Gasteiger partial charge in [0.15, 0.2) is 0 Å². The van der Waals surface area contributed by atoms with Gasteiger partial charge in [0.2, 0.25) is 0 Å². The Kier molecular flexibility index (Phi) is 6.57. The highest BCUT2D eigenvalue weighted by Gasteiger charge is 2.14. The normalized spacial score (nSPS) is 24.7. The van der Waals surface area contributed by atoms with E-state index in [-0.39, 0.29) is 0 Å². The van der Waals surface area contributed by atoms with Crippen molar-refractivity contribution in [1.29, 1.82) is 0 Å². The van der Waals surface area contributed by atoms with Gasteiger partial charge in [0, 0.05) is 6.04 Å². The fraction of sp³-hybridized carbons (Fsp3) is 0.750. The van der Waals surface area contributed by atoms with Gasteiger partial charge in [-0.15, -0.1) is 0 Å². The van der Waals surface area contributed by atoms with E-state index in [1.807, 2.05) is 0 Å². The standard InChI is InChI=1S/C16H29N/c1-13(2)7-6-8-14(3)11-12-15-9-4-5-10-16(15)17/h7,12,14,16H,4-6,8-11,17H2,1-3H3/b15-12+. The Morgan fingerprint density at radius 2 is 2.18 bits per heavy atom. The van der Waals surface area contributed by atoms with E-state index >= 15 is 0 Å². The van der Waals surface area contributed by atoms with Crippen LogP contribution in [0.2, 0.25) is 0 Å². The molecule has 98 valence electrons.